The first-order valence-electron chi connectivity index (χ1n) is 10.8. The Labute approximate surface area is 183 Å². The van der Waals surface area contributed by atoms with Gasteiger partial charge in [0.15, 0.2) is 0 Å². The van der Waals surface area contributed by atoms with Gasteiger partial charge in [0.1, 0.15) is 17.0 Å². The lowest BCUT2D eigenvalue weighted by Gasteiger charge is -2.26. The zero-order valence-corrected chi connectivity index (χ0v) is 18.1. The predicted molar refractivity (Wildman–Crippen MR) is 121 cm³/mol. The summed E-state index contributed by atoms with van der Waals surface area (Å²) in [4.78, 5) is 43.5. The van der Waals surface area contributed by atoms with Gasteiger partial charge in [-0.15, -0.1) is 11.3 Å². The minimum atomic E-state index is -0.515. The molecule has 2 saturated heterocycles. The van der Waals surface area contributed by atoms with Crippen LogP contribution in [0.5, 0.6) is 0 Å². The maximum absolute atomic E-state index is 12.2. The van der Waals surface area contributed by atoms with Gasteiger partial charge in [0, 0.05) is 30.7 Å². The van der Waals surface area contributed by atoms with E-state index in [4.69, 9.17) is 4.74 Å². The van der Waals surface area contributed by atoms with Crippen LogP contribution in [0.3, 0.4) is 0 Å². The molecule has 1 unspecified atom stereocenters. The van der Waals surface area contributed by atoms with Crippen LogP contribution in [-0.4, -0.2) is 70.3 Å². The Morgan fingerprint density at radius 1 is 1.16 bits per heavy atom. The zero-order valence-electron chi connectivity index (χ0n) is 17.3. The minimum absolute atomic E-state index is 0.204. The molecule has 9 nitrogen and oxygen atoms in total. The molecule has 10 heteroatoms. The third-order valence-electron chi connectivity index (χ3n) is 6.05. The molecule has 0 aliphatic carbocycles. The zero-order chi connectivity index (χ0) is 21.2. The van der Waals surface area contributed by atoms with Gasteiger partial charge in [0.05, 0.1) is 23.7 Å². The third kappa shape index (κ3) is 4.41. The second kappa shape index (κ2) is 8.89. The van der Waals surface area contributed by atoms with E-state index in [1.807, 2.05) is 6.07 Å². The van der Waals surface area contributed by atoms with Crippen molar-refractivity contribution in [3.63, 3.8) is 0 Å². The molecule has 2 fully saturated rings. The van der Waals surface area contributed by atoms with Crippen LogP contribution >= 0.6 is 11.3 Å². The summed E-state index contributed by atoms with van der Waals surface area (Å²) < 4.78 is 6.17. The summed E-state index contributed by atoms with van der Waals surface area (Å²) in [5.74, 6) is 0.871. The summed E-state index contributed by atoms with van der Waals surface area (Å²) in [6.45, 7) is 5.85. The Kier molecular flexibility index (Phi) is 5.84. The lowest BCUT2D eigenvalue weighted by molar-refractivity contribution is 0.0467. The molecule has 0 radical (unpaired) electrons. The number of aromatic amines is 2. The molecule has 3 aromatic heterocycles. The number of likely N-dealkylation sites (tertiary alicyclic amines) is 1. The van der Waals surface area contributed by atoms with Crippen molar-refractivity contribution < 1.29 is 4.74 Å². The van der Waals surface area contributed by atoms with Crippen LogP contribution in [0.2, 0.25) is 0 Å². The Morgan fingerprint density at radius 2 is 2.03 bits per heavy atom. The molecule has 0 saturated carbocycles. The van der Waals surface area contributed by atoms with E-state index in [9.17, 15) is 9.59 Å². The number of hydrogen-bond donors (Lipinski definition) is 2. The van der Waals surface area contributed by atoms with Gasteiger partial charge in [-0.2, -0.15) is 0 Å². The fourth-order valence-electron chi connectivity index (χ4n) is 4.41. The molecule has 0 amide bonds. The van der Waals surface area contributed by atoms with E-state index in [0.29, 0.717) is 5.56 Å². The molecule has 0 spiro atoms. The molecule has 1 atom stereocenters. The van der Waals surface area contributed by atoms with Crippen LogP contribution in [0.4, 0.5) is 5.82 Å². The molecular formula is C21H26N6O3S. The highest BCUT2D eigenvalue weighted by Gasteiger charge is 2.26. The molecule has 2 aliphatic heterocycles. The van der Waals surface area contributed by atoms with Gasteiger partial charge >= 0.3 is 5.69 Å². The SMILES string of the molecule is O=c1[nH]cc(-c2cc3c(N4CCC(OCCN5CCCCC5)C4)ncnc3s2)c(=O)[nH]1. The highest BCUT2D eigenvalue weighted by Crippen LogP contribution is 2.35. The van der Waals surface area contributed by atoms with Crippen molar-refractivity contribution >= 4 is 27.4 Å². The minimum Gasteiger partial charge on any atom is -0.375 e. The van der Waals surface area contributed by atoms with E-state index in [0.717, 1.165) is 53.6 Å². The van der Waals surface area contributed by atoms with Crippen LogP contribution in [0.25, 0.3) is 20.7 Å². The Morgan fingerprint density at radius 3 is 2.87 bits per heavy atom. The summed E-state index contributed by atoms with van der Waals surface area (Å²) in [6, 6.07) is 1.93. The quantitative estimate of drug-likeness (QED) is 0.600. The van der Waals surface area contributed by atoms with E-state index in [2.05, 4.69) is 29.7 Å². The number of nitrogens with zero attached hydrogens (tertiary/aromatic N) is 4. The normalized spacial score (nSPS) is 20.0. The first kappa shape index (κ1) is 20.3. The van der Waals surface area contributed by atoms with Crippen molar-refractivity contribution in [2.75, 3.05) is 44.2 Å². The van der Waals surface area contributed by atoms with Crippen LogP contribution < -0.4 is 16.1 Å². The number of rotatable bonds is 6. The summed E-state index contributed by atoms with van der Waals surface area (Å²) in [5.41, 5.74) is -0.499. The Hall–Kier alpha value is -2.56. The fraction of sp³-hybridized carbons (Fsp3) is 0.524. The van der Waals surface area contributed by atoms with Crippen molar-refractivity contribution in [3.8, 4) is 10.4 Å². The van der Waals surface area contributed by atoms with Crippen molar-refractivity contribution in [1.82, 2.24) is 24.8 Å². The smallest absolute Gasteiger partial charge is 0.325 e. The van der Waals surface area contributed by atoms with Gasteiger partial charge in [0.2, 0.25) is 0 Å². The number of nitrogens with one attached hydrogen (secondary N) is 2. The van der Waals surface area contributed by atoms with Crippen LogP contribution in [0.15, 0.2) is 28.2 Å². The molecular weight excluding hydrogens is 416 g/mol. The van der Waals surface area contributed by atoms with Gasteiger partial charge in [-0.3, -0.25) is 9.78 Å². The van der Waals surface area contributed by atoms with Crippen molar-refractivity contribution in [2.24, 2.45) is 0 Å². The topological polar surface area (TPSA) is 107 Å². The van der Waals surface area contributed by atoms with Gasteiger partial charge < -0.3 is 19.5 Å². The number of thiophene rings is 1. The summed E-state index contributed by atoms with van der Waals surface area (Å²) in [6.07, 6.45) is 8.14. The number of anilines is 1. The average molecular weight is 443 g/mol. The summed E-state index contributed by atoms with van der Waals surface area (Å²) in [5, 5.41) is 0.919. The second-order valence-corrected chi connectivity index (χ2v) is 9.17. The third-order valence-corrected chi connectivity index (χ3v) is 7.12. The number of aromatic nitrogens is 4. The number of piperidine rings is 1. The van der Waals surface area contributed by atoms with Crippen molar-refractivity contribution in [3.05, 3.63) is 39.4 Å². The second-order valence-electron chi connectivity index (χ2n) is 8.14. The van der Waals surface area contributed by atoms with Crippen molar-refractivity contribution in [1.29, 1.82) is 0 Å². The highest BCUT2D eigenvalue weighted by atomic mass is 32.1. The summed E-state index contributed by atoms with van der Waals surface area (Å²) >= 11 is 1.42. The number of fused-ring (bicyclic) bond motifs is 1. The van der Waals surface area contributed by atoms with E-state index in [1.165, 1.54) is 49.9 Å². The molecule has 3 aromatic rings. The Balaban J connectivity index is 1.28. The molecule has 5 rings (SSSR count). The lowest BCUT2D eigenvalue weighted by Crippen LogP contribution is -2.34. The standard InChI is InChI=1S/C21H26N6O3S/c28-19-16(11-22-21(29)25-19)17-10-15-18(23-13-24-20(15)31-17)27-7-4-14(12-27)30-9-8-26-5-2-1-3-6-26/h10-11,13-14H,1-9,12H2,(H2,22,25,28,29). The van der Waals surface area contributed by atoms with Crippen molar-refractivity contribution in [2.45, 2.75) is 31.8 Å². The molecule has 164 valence electrons. The molecule has 0 bridgehead atoms. The van der Waals surface area contributed by atoms with Gasteiger partial charge in [-0.1, -0.05) is 6.42 Å². The van der Waals surface area contributed by atoms with Crippen LogP contribution in [-0.2, 0) is 4.74 Å². The molecule has 5 heterocycles. The molecule has 0 aromatic carbocycles. The molecule has 31 heavy (non-hydrogen) atoms. The van der Waals surface area contributed by atoms with E-state index in [1.54, 1.807) is 6.33 Å². The first-order chi connectivity index (χ1) is 15.2. The van der Waals surface area contributed by atoms with Gasteiger partial charge in [-0.25, -0.2) is 14.8 Å². The monoisotopic (exact) mass is 442 g/mol. The highest BCUT2D eigenvalue weighted by molar-refractivity contribution is 7.21. The molecule has 2 N–H and O–H groups in total. The van der Waals surface area contributed by atoms with Gasteiger partial charge in [0.25, 0.3) is 5.56 Å². The van der Waals surface area contributed by atoms with E-state index < -0.39 is 11.2 Å². The lowest BCUT2D eigenvalue weighted by atomic mass is 10.1. The molecule has 2 aliphatic rings. The maximum Gasteiger partial charge on any atom is 0.325 e. The number of hydrogen-bond acceptors (Lipinski definition) is 8. The van der Waals surface area contributed by atoms with Crippen LogP contribution in [0.1, 0.15) is 25.7 Å². The number of ether oxygens (including phenoxy) is 1. The summed E-state index contributed by atoms with van der Waals surface area (Å²) in [7, 11) is 0. The predicted octanol–water partition coefficient (Wildman–Crippen LogP) is 1.82. The first-order valence-corrected chi connectivity index (χ1v) is 11.6. The van der Waals surface area contributed by atoms with Crippen LogP contribution in [0, 0.1) is 0 Å². The Bertz CT molecular complexity index is 1170. The fourth-order valence-corrected chi connectivity index (χ4v) is 5.42. The van der Waals surface area contributed by atoms with E-state index in [-0.39, 0.29) is 6.10 Å². The van der Waals surface area contributed by atoms with E-state index >= 15 is 0 Å². The van der Waals surface area contributed by atoms with Gasteiger partial charge in [-0.05, 0) is 38.4 Å². The number of H-pyrrole nitrogens is 2. The largest absolute Gasteiger partial charge is 0.375 e. The average Bonchev–Trinajstić information content (AvgIpc) is 3.41. The maximum atomic E-state index is 12.2.